The van der Waals surface area contributed by atoms with Gasteiger partial charge < -0.3 is 41.3 Å². The number of rotatable bonds is 8. The van der Waals surface area contributed by atoms with Crippen molar-refractivity contribution in [2.45, 2.75) is 147 Å². The Balaban J connectivity index is 1.21. The normalized spacial score (nSPS) is 49.4. The van der Waals surface area contributed by atoms with Gasteiger partial charge in [-0.25, -0.2) is 0 Å². The van der Waals surface area contributed by atoms with E-state index in [1.54, 1.807) is 19.9 Å². The molecule has 0 aromatic rings. The highest BCUT2D eigenvalue weighted by Crippen LogP contribution is 2.69. The number of aliphatic hydroxyl groups is 5. The largest absolute Gasteiger partial charge is 0.396 e. The highest BCUT2D eigenvalue weighted by atomic mass is 16.6. The van der Waals surface area contributed by atoms with Gasteiger partial charge in [-0.05, 0) is 126 Å². The Morgan fingerprint density at radius 1 is 1.02 bits per heavy atom. The van der Waals surface area contributed by atoms with Gasteiger partial charge in [0.15, 0.2) is 5.78 Å². The van der Waals surface area contributed by atoms with Crippen molar-refractivity contribution in [3.8, 4) is 0 Å². The van der Waals surface area contributed by atoms with E-state index < -0.39 is 45.9 Å². The number of fused-ring (bicyclic) bond motifs is 5. The van der Waals surface area contributed by atoms with Crippen molar-refractivity contribution in [3.05, 3.63) is 11.6 Å². The molecule has 0 amide bonds. The molecule has 44 heavy (non-hydrogen) atoms. The SMILES string of the molecule is C[C@](O)([C@@H]1O[C@@H]1[C@](C)(O)[C@](C)(CO)CCC1CCNC(N)C1)[C@H]1CC[C@@]2(O)C3=CC(=O)[C@@H]4C[C@@H](O)CC[C@]4(C)[C@H]3CC[C@@]12C. The smallest absolute Gasteiger partial charge is 0.159 e. The highest BCUT2D eigenvalue weighted by molar-refractivity contribution is 5.95. The number of nitrogens with two attached hydrogens (primary N) is 1. The Labute approximate surface area is 263 Å². The number of allylic oxidation sites excluding steroid dienone is 1. The van der Waals surface area contributed by atoms with Crippen LogP contribution >= 0.6 is 0 Å². The standard InChI is InChI=1S/C35H58N2O7/c1-30(19-38,11-6-20-10-15-37-27(36)16-20)34(5,42)29-28(44-29)33(4,41)26-9-14-35(43)23-18-25(40)24-17-21(39)7-12-31(24,2)22(23)8-13-32(26,35)3/h18,20-22,24,26-29,37-39,41-43H,6-17,19,36H2,1-5H3/t20?,21-,22-,24-,26-,27?,28+,29-,30-,31+,32-,33+,34-,35+/m0/s1. The zero-order valence-electron chi connectivity index (χ0n) is 27.5. The number of carbonyl (C=O) groups excluding carboxylic acids is 1. The Morgan fingerprint density at radius 3 is 2.43 bits per heavy atom. The topological polar surface area (TPSA) is 169 Å². The first-order valence-corrected chi connectivity index (χ1v) is 17.3. The molecule has 2 heterocycles. The summed E-state index contributed by atoms with van der Waals surface area (Å²) in [7, 11) is 0. The zero-order valence-corrected chi connectivity index (χ0v) is 27.5. The minimum atomic E-state index is -1.38. The van der Waals surface area contributed by atoms with E-state index in [-0.39, 0.29) is 41.7 Å². The minimum Gasteiger partial charge on any atom is -0.396 e. The second kappa shape index (κ2) is 10.8. The molecule has 6 aliphatic rings. The molecule has 0 aromatic heterocycles. The fourth-order valence-electron chi connectivity index (χ4n) is 11.1. The van der Waals surface area contributed by atoms with Crippen LogP contribution in [0.2, 0.25) is 0 Å². The van der Waals surface area contributed by atoms with Crippen LogP contribution in [0.4, 0.5) is 0 Å². The third kappa shape index (κ3) is 4.74. The first-order valence-electron chi connectivity index (χ1n) is 17.3. The fraction of sp³-hybridized carbons (Fsp3) is 0.914. The van der Waals surface area contributed by atoms with Crippen molar-refractivity contribution in [2.75, 3.05) is 13.2 Å². The van der Waals surface area contributed by atoms with E-state index in [0.717, 1.165) is 44.2 Å². The summed E-state index contributed by atoms with van der Waals surface area (Å²) in [5.41, 5.74) is 1.22. The van der Waals surface area contributed by atoms with Crippen LogP contribution in [-0.2, 0) is 9.53 Å². The Morgan fingerprint density at radius 2 is 1.75 bits per heavy atom. The number of carbonyl (C=O) groups is 1. The second-order valence-electron chi connectivity index (χ2n) is 17.0. The lowest BCUT2D eigenvalue weighted by atomic mass is 9.46. The lowest BCUT2D eigenvalue weighted by Gasteiger charge is -2.60. The van der Waals surface area contributed by atoms with Gasteiger partial charge in [-0.3, -0.25) is 4.79 Å². The molecule has 5 fully saturated rings. The summed E-state index contributed by atoms with van der Waals surface area (Å²) in [6, 6.07) is 0. The van der Waals surface area contributed by atoms with Gasteiger partial charge in [0.2, 0.25) is 0 Å². The third-order valence-corrected chi connectivity index (χ3v) is 14.6. The molecule has 14 atom stereocenters. The van der Waals surface area contributed by atoms with Crippen LogP contribution in [0, 0.1) is 39.9 Å². The van der Waals surface area contributed by atoms with E-state index in [1.165, 1.54) is 0 Å². The average molecular weight is 619 g/mol. The zero-order chi connectivity index (χ0) is 32.1. The van der Waals surface area contributed by atoms with Crippen molar-refractivity contribution in [3.63, 3.8) is 0 Å². The molecule has 0 spiro atoms. The molecule has 8 N–H and O–H groups in total. The maximum absolute atomic E-state index is 13.5. The van der Waals surface area contributed by atoms with Gasteiger partial charge >= 0.3 is 0 Å². The number of nitrogens with one attached hydrogen (secondary N) is 1. The fourth-order valence-corrected chi connectivity index (χ4v) is 11.1. The molecule has 2 unspecified atom stereocenters. The number of ether oxygens (including phenoxy) is 1. The van der Waals surface area contributed by atoms with E-state index in [2.05, 4.69) is 19.2 Å². The summed E-state index contributed by atoms with van der Waals surface area (Å²) in [4.78, 5) is 13.5. The molecule has 2 aliphatic heterocycles. The molecule has 250 valence electrons. The molecule has 0 bridgehead atoms. The van der Waals surface area contributed by atoms with E-state index in [9.17, 15) is 30.3 Å². The van der Waals surface area contributed by atoms with Gasteiger partial charge in [0.1, 0.15) is 12.2 Å². The molecule has 0 radical (unpaired) electrons. The van der Waals surface area contributed by atoms with E-state index in [1.807, 2.05) is 6.92 Å². The van der Waals surface area contributed by atoms with E-state index >= 15 is 0 Å². The minimum absolute atomic E-state index is 0.0155. The Kier molecular flexibility index (Phi) is 8.11. The van der Waals surface area contributed by atoms with Gasteiger partial charge in [-0.2, -0.15) is 0 Å². The number of hydrogen-bond acceptors (Lipinski definition) is 9. The van der Waals surface area contributed by atoms with Gasteiger partial charge in [0.25, 0.3) is 0 Å². The molecular weight excluding hydrogens is 560 g/mol. The van der Waals surface area contributed by atoms with Crippen LogP contribution in [0.1, 0.15) is 105 Å². The van der Waals surface area contributed by atoms with E-state index in [4.69, 9.17) is 10.5 Å². The molecule has 2 saturated heterocycles. The number of hydrogen-bond donors (Lipinski definition) is 7. The lowest BCUT2D eigenvalue weighted by Crippen LogP contribution is -2.61. The maximum Gasteiger partial charge on any atom is 0.159 e. The monoisotopic (exact) mass is 618 g/mol. The van der Waals surface area contributed by atoms with Crippen LogP contribution in [0.5, 0.6) is 0 Å². The first-order chi connectivity index (χ1) is 20.4. The van der Waals surface area contributed by atoms with Crippen LogP contribution in [0.15, 0.2) is 11.6 Å². The Bertz CT molecular complexity index is 1170. The molecule has 4 aliphatic carbocycles. The van der Waals surface area contributed by atoms with Gasteiger partial charge in [-0.15, -0.1) is 0 Å². The van der Waals surface area contributed by atoms with E-state index in [0.29, 0.717) is 44.4 Å². The molecule has 9 nitrogen and oxygen atoms in total. The Hall–Kier alpha value is -0.910. The molecule has 6 rings (SSSR count). The predicted octanol–water partition coefficient (Wildman–Crippen LogP) is 2.55. The number of aliphatic hydroxyl groups excluding tert-OH is 2. The summed E-state index contributed by atoms with van der Waals surface area (Å²) in [5, 5.41) is 61.0. The van der Waals surface area contributed by atoms with Crippen LogP contribution in [0.3, 0.4) is 0 Å². The molecule has 0 aromatic carbocycles. The van der Waals surface area contributed by atoms with Crippen molar-refractivity contribution >= 4 is 5.78 Å². The van der Waals surface area contributed by atoms with Gasteiger partial charge in [0.05, 0.1) is 35.7 Å². The third-order valence-electron chi connectivity index (χ3n) is 14.6. The summed E-state index contributed by atoms with van der Waals surface area (Å²) in [6.45, 7) is 10.3. The number of epoxide rings is 1. The van der Waals surface area contributed by atoms with Gasteiger partial charge in [0, 0.05) is 16.7 Å². The predicted molar refractivity (Wildman–Crippen MR) is 166 cm³/mol. The second-order valence-corrected chi connectivity index (χ2v) is 17.0. The summed E-state index contributed by atoms with van der Waals surface area (Å²) in [5.74, 6) is -0.0106. The van der Waals surface area contributed by atoms with Crippen LogP contribution in [0.25, 0.3) is 0 Å². The average Bonchev–Trinajstić information content (AvgIpc) is 3.73. The van der Waals surface area contributed by atoms with Crippen molar-refractivity contribution in [1.29, 1.82) is 0 Å². The first kappa shape index (κ1) is 33.0. The molecular formula is C35H58N2O7. The summed E-state index contributed by atoms with van der Waals surface area (Å²) in [6.07, 6.45) is 7.80. The van der Waals surface area contributed by atoms with Crippen LogP contribution in [-0.4, -0.2) is 85.7 Å². The number of ketones is 1. The van der Waals surface area contributed by atoms with Crippen molar-refractivity contribution in [2.24, 2.45) is 45.7 Å². The molecule has 3 saturated carbocycles. The quantitative estimate of drug-likeness (QED) is 0.202. The van der Waals surface area contributed by atoms with Gasteiger partial charge in [-0.1, -0.05) is 20.8 Å². The number of piperidine rings is 1. The van der Waals surface area contributed by atoms with Crippen molar-refractivity contribution in [1.82, 2.24) is 5.32 Å². The maximum atomic E-state index is 13.5. The molecule has 9 heteroatoms. The highest BCUT2D eigenvalue weighted by Gasteiger charge is 2.73. The summed E-state index contributed by atoms with van der Waals surface area (Å²) >= 11 is 0. The summed E-state index contributed by atoms with van der Waals surface area (Å²) < 4.78 is 6.18. The lowest BCUT2D eigenvalue weighted by molar-refractivity contribution is -0.152. The van der Waals surface area contributed by atoms with Crippen LogP contribution < -0.4 is 11.1 Å². The van der Waals surface area contributed by atoms with Crippen molar-refractivity contribution < 1.29 is 35.1 Å².